The normalized spacial score (nSPS) is 11.2. The Balaban J connectivity index is 1.79. The van der Waals surface area contributed by atoms with Crippen LogP contribution >= 0.6 is 23.2 Å². The molecule has 6 heteroatoms. The van der Waals surface area contributed by atoms with Crippen molar-refractivity contribution in [1.82, 2.24) is 10.3 Å². The number of hydrogen-bond donors (Lipinski definition) is 3. The predicted octanol–water partition coefficient (Wildman–Crippen LogP) is 5.49. The van der Waals surface area contributed by atoms with Gasteiger partial charge in [-0.3, -0.25) is 0 Å². The van der Waals surface area contributed by atoms with Gasteiger partial charge in [-0.05, 0) is 48.0 Å². The largest absolute Gasteiger partial charge is 0.355 e. The number of benzene rings is 3. The van der Waals surface area contributed by atoms with Crippen LogP contribution in [0.2, 0.25) is 10.0 Å². The van der Waals surface area contributed by atoms with Gasteiger partial charge in [-0.15, -0.1) is 0 Å². The molecule has 142 valence electrons. The van der Waals surface area contributed by atoms with Crippen LogP contribution in [0.4, 0.5) is 11.4 Å². The molecule has 3 aromatic carbocycles. The average Bonchev–Trinajstić information content (AvgIpc) is 2.70. The average molecular weight is 411 g/mol. The number of nitrogens with two attached hydrogens (primary N) is 1. The third-order valence-corrected chi connectivity index (χ3v) is 5.36. The standard InChI is InChI=1S/C22H20Cl2N4/c23-19-7-5-15(12-20(19)24)27-14-6-8-22-17(11-14)18(13-26-10-9-25)16-3-1-2-4-21(16)28-22/h1-8,11-12,26-27H,9-10,13,25H2. The summed E-state index contributed by atoms with van der Waals surface area (Å²) in [6.07, 6.45) is 0. The smallest absolute Gasteiger partial charge is 0.0714 e. The topological polar surface area (TPSA) is 63.0 Å². The summed E-state index contributed by atoms with van der Waals surface area (Å²) in [5.41, 5.74) is 10.7. The maximum absolute atomic E-state index is 6.14. The first-order chi connectivity index (χ1) is 13.7. The molecule has 0 spiro atoms. The zero-order valence-electron chi connectivity index (χ0n) is 15.2. The lowest BCUT2D eigenvalue weighted by Crippen LogP contribution is -2.22. The summed E-state index contributed by atoms with van der Waals surface area (Å²) >= 11 is 12.2. The molecular weight excluding hydrogens is 391 g/mol. The van der Waals surface area contributed by atoms with Gasteiger partial charge in [0.15, 0.2) is 0 Å². The van der Waals surface area contributed by atoms with Crippen molar-refractivity contribution in [3.8, 4) is 0 Å². The number of halogens is 2. The highest BCUT2D eigenvalue weighted by Crippen LogP contribution is 2.31. The van der Waals surface area contributed by atoms with Crippen molar-refractivity contribution < 1.29 is 0 Å². The van der Waals surface area contributed by atoms with Crippen LogP contribution in [0.3, 0.4) is 0 Å². The van der Waals surface area contributed by atoms with Crippen molar-refractivity contribution in [2.24, 2.45) is 5.73 Å². The first-order valence-corrected chi connectivity index (χ1v) is 9.85. The number of anilines is 2. The highest BCUT2D eigenvalue weighted by atomic mass is 35.5. The van der Waals surface area contributed by atoms with Gasteiger partial charge in [0.25, 0.3) is 0 Å². The summed E-state index contributed by atoms with van der Waals surface area (Å²) in [5, 5.41) is 10.1. The lowest BCUT2D eigenvalue weighted by atomic mass is 10.0. The number of aromatic nitrogens is 1. The lowest BCUT2D eigenvalue weighted by Gasteiger charge is -2.14. The van der Waals surface area contributed by atoms with Crippen LogP contribution in [0.1, 0.15) is 5.56 Å². The minimum absolute atomic E-state index is 0.520. The molecule has 0 amide bonds. The van der Waals surface area contributed by atoms with Gasteiger partial charge < -0.3 is 16.4 Å². The molecule has 0 bridgehead atoms. The first-order valence-electron chi connectivity index (χ1n) is 9.10. The zero-order chi connectivity index (χ0) is 19.5. The van der Waals surface area contributed by atoms with E-state index in [1.807, 2.05) is 42.5 Å². The van der Waals surface area contributed by atoms with Crippen LogP contribution in [0.5, 0.6) is 0 Å². The second-order valence-corrected chi connectivity index (χ2v) is 7.37. The molecule has 1 heterocycles. The second-order valence-electron chi connectivity index (χ2n) is 6.56. The van der Waals surface area contributed by atoms with Crippen molar-refractivity contribution in [2.45, 2.75) is 6.54 Å². The Morgan fingerprint density at radius 2 is 1.57 bits per heavy atom. The van der Waals surface area contributed by atoms with Crippen molar-refractivity contribution in [2.75, 3.05) is 18.4 Å². The molecule has 0 saturated heterocycles. The fourth-order valence-electron chi connectivity index (χ4n) is 3.30. The Morgan fingerprint density at radius 3 is 2.39 bits per heavy atom. The SMILES string of the molecule is NCCNCc1c2ccccc2nc2ccc(Nc3ccc(Cl)c(Cl)c3)cc12. The highest BCUT2D eigenvalue weighted by Gasteiger charge is 2.10. The van der Waals surface area contributed by atoms with Crippen LogP contribution in [-0.2, 0) is 6.54 Å². The van der Waals surface area contributed by atoms with Crippen LogP contribution < -0.4 is 16.4 Å². The van der Waals surface area contributed by atoms with E-state index in [0.29, 0.717) is 16.6 Å². The molecule has 4 N–H and O–H groups in total. The molecule has 0 unspecified atom stereocenters. The van der Waals surface area contributed by atoms with Gasteiger partial charge in [-0.1, -0.05) is 41.4 Å². The summed E-state index contributed by atoms with van der Waals surface area (Å²) in [6.45, 7) is 2.09. The van der Waals surface area contributed by atoms with Gasteiger partial charge >= 0.3 is 0 Å². The van der Waals surface area contributed by atoms with E-state index in [-0.39, 0.29) is 0 Å². The fourth-order valence-corrected chi connectivity index (χ4v) is 3.60. The van der Waals surface area contributed by atoms with Gasteiger partial charge in [0.2, 0.25) is 0 Å². The molecule has 0 radical (unpaired) electrons. The molecular formula is C22H20Cl2N4. The Bertz CT molecular complexity index is 1140. The number of nitrogens with zero attached hydrogens (tertiary/aromatic N) is 1. The quantitative estimate of drug-likeness (QED) is 0.290. The number of fused-ring (bicyclic) bond motifs is 2. The van der Waals surface area contributed by atoms with Gasteiger partial charge in [-0.2, -0.15) is 0 Å². The van der Waals surface area contributed by atoms with Crippen molar-refractivity contribution in [3.63, 3.8) is 0 Å². The molecule has 4 aromatic rings. The van der Waals surface area contributed by atoms with E-state index >= 15 is 0 Å². The number of para-hydroxylation sites is 1. The van der Waals surface area contributed by atoms with E-state index in [4.69, 9.17) is 33.9 Å². The van der Waals surface area contributed by atoms with Crippen LogP contribution in [0.15, 0.2) is 60.7 Å². The second kappa shape index (κ2) is 8.33. The number of nitrogens with one attached hydrogen (secondary N) is 2. The molecule has 0 aliphatic rings. The molecule has 0 aliphatic carbocycles. The highest BCUT2D eigenvalue weighted by molar-refractivity contribution is 6.42. The Morgan fingerprint density at radius 1 is 0.821 bits per heavy atom. The monoisotopic (exact) mass is 410 g/mol. The lowest BCUT2D eigenvalue weighted by molar-refractivity contribution is 0.700. The Labute approximate surface area is 173 Å². The van der Waals surface area contributed by atoms with E-state index < -0.39 is 0 Å². The summed E-state index contributed by atoms with van der Waals surface area (Å²) in [6, 6.07) is 19.9. The van der Waals surface area contributed by atoms with E-state index in [1.54, 1.807) is 6.07 Å². The van der Waals surface area contributed by atoms with Gasteiger partial charge in [0.05, 0.1) is 21.1 Å². The minimum Gasteiger partial charge on any atom is -0.355 e. The summed E-state index contributed by atoms with van der Waals surface area (Å²) in [4.78, 5) is 4.82. The number of rotatable bonds is 6. The van der Waals surface area contributed by atoms with Gasteiger partial charge in [-0.25, -0.2) is 4.98 Å². The zero-order valence-corrected chi connectivity index (χ0v) is 16.7. The van der Waals surface area contributed by atoms with E-state index in [0.717, 1.165) is 46.3 Å². The molecule has 4 nitrogen and oxygen atoms in total. The Kier molecular flexibility index (Phi) is 5.64. The van der Waals surface area contributed by atoms with Crippen molar-refractivity contribution >= 4 is 56.4 Å². The minimum atomic E-state index is 0.520. The molecule has 1 aromatic heterocycles. The van der Waals surface area contributed by atoms with Gasteiger partial charge in [0, 0.05) is 41.8 Å². The maximum atomic E-state index is 6.14. The number of pyridine rings is 1. The first kappa shape index (κ1) is 19.0. The summed E-state index contributed by atoms with van der Waals surface area (Å²) in [7, 11) is 0. The van der Waals surface area contributed by atoms with E-state index in [1.165, 1.54) is 5.56 Å². The Hall–Kier alpha value is -2.37. The van der Waals surface area contributed by atoms with E-state index in [2.05, 4.69) is 22.8 Å². The summed E-state index contributed by atoms with van der Waals surface area (Å²) < 4.78 is 0. The summed E-state index contributed by atoms with van der Waals surface area (Å²) in [5.74, 6) is 0. The third kappa shape index (κ3) is 3.91. The predicted molar refractivity (Wildman–Crippen MR) is 120 cm³/mol. The third-order valence-electron chi connectivity index (χ3n) is 4.62. The van der Waals surface area contributed by atoms with Crippen LogP contribution in [0.25, 0.3) is 21.8 Å². The maximum Gasteiger partial charge on any atom is 0.0714 e. The van der Waals surface area contributed by atoms with Crippen LogP contribution in [0, 0.1) is 0 Å². The number of hydrogen-bond acceptors (Lipinski definition) is 4. The molecule has 0 fully saturated rings. The van der Waals surface area contributed by atoms with Gasteiger partial charge in [0.1, 0.15) is 0 Å². The molecule has 0 saturated carbocycles. The van der Waals surface area contributed by atoms with E-state index in [9.17, 15) is 0 Å². The fraction of sp³-hybridized carbons (Fsp3) is 0.136. The molecule has 28 heavy (non-hydrogen) atoms. The molecule has 4 rings (SSSR count). The van der Waals surface area contributed by atoms with Crippen LogP contribution in [-0.4, -0.2) is 18.1 Å². The van der Waals surface area contributed by atoms with Crippen molar-refractivity contribution in [1.29, 1.82) is 0 Å². The van der Waals surface area contributed by atoms with Crippen molar-refractivity contribution in [3.05, 3.63) is 76.3 Å². The molecule has 0 aliphatic heterocycles. The molecule has 0 atom stereocenters.